The van der Waals surface area contributed by atoms with E-state index in [0.717, 1.165) is 0 Å². The van der Waals surface area contributed by atoms with E-state index >= 15 is 0 Å². The molecule has 1 amide bonds. The normalized spacial score (nSPS) is 11.3. The van der Waals surface area contributed by atoms with Gasteiger partial charge in [-0.25, -0.2) is 9.78 Å². The Labute approximate surface area is 160 Å². The summed E-state index contributed by atoms with van der Waals surface area (Å²) >= 11 is 6.16. The van der Waals surface area contributed by atoms with Crippen molar-refractivity contribution >= 4 is 35.2 Å². The van der Waals surface area contributed by atoms with Crippen molar-refractivity contribution in [1.29, 1.82) is 0 Å². The van der Waals surface area contributed by atoms with Crippen molar-refractivity contribution in [3.05, 3.63) is 64.5 Å². The largest absolute Gasteiger partial charge is 0.465 e. The topological polar surface area (TPSA) is 77.0 Å². The van der Waals surface area contributed by atoms with Crippen molar-refractivity contribution in [3.63, 3.8) is 0 Å². The third-order valence-electron chi connectivity index (χ3n) is 4.05. The highest BCUT2D eigenvalue weighted by Gasteiger charge is 2.17. The van der Waals surface area contributed by atoms with Crippen LogP contribution < -0.4 is 0 Å². The number of carbonyl (C=O) groups excluding carboxylic acids is 2. The predicted molar refractivity (Wildman–Crippen MR) is 100 cm³/mol. The molecule has 0 bridgehead atoms. The number of carbonyl (C=O) groups is 2. The lowest BCUT2D eigenvalue weighted by atomic mass is 10.2. The zero-order valence-corrected chi connectivity index (χ0v) is 15.9. The second-order valence-corrected chi connectivity index (χ2v) is 6.28. The highest BCUT2D eigenvalue weighted by Crippen LogP contribution is 2.20. The molecule has 0 saturated carbocycles. The standard InChI is InChI=1S/C19H18ClN3O4/c1-12-14(19(25)26-3)10-13(27-12)11-22(2)17(24)8-7-15-18(20)21-16-6-4-5-9-23(15)16/h4-10H,11H2,1-3H3/b8-7+. The number of nitrogens with zero attached hydrogens (tertiary/aromatic N) is 3. The third-order valence-corrected chi connectivity index (χ3v) is 4.33. The van der Waals surface area contributed by atoms with Crippen LogP contribution in [-0.2, 0) is 16.1 Å². The minimum atomic E-state index is -0.473. The van der Waals surface area contributed by atoms with Crippen molar-refractivity contribution in [3.8, 4) is 0 Å². The lowest BCUT2D eigenvalue weighted by Crippen LogP contribution is -2.23. The molecule has 27 heavy (non-hydrogen) atoms. The summed E-state index contributed by atoms with van der Waals surface area (Å²) in [4.78, 5) is 29.7. The van der Waals surface area contributed by atoms with Crippen molar-refractivity contribution in [2.75, 3.05) is 14.2 Å². The maximum absolute atomic E-state index is 12.4. The maximum Gasteiger partial charge on any atom is 0.341 e. The number of hydrogen-bond acceptors (Lipinski definition) is 5. The molecule has 0 spiro atoms. The van der Waals surface area contributed by atoms with Crippen LogP contribution in [0, 0.1) is 6.92 Å². The lowest BCUT2D eigenvalue weighted by molar-refractivity contribution is -0.125. The summed E-state index contributed by atoms with van der Waals surface area (Å²) in [6.07, 6.45) is 4.86. The summed E-state index contributed by atoms with van der Waals surface area (Å²) in [6, 6.07) is 7.12. The molecule has 3 rings (SSSR count). The highest BCUT2D eigenvalue weighted by molar-refractivity contribution is 6.31. The molecule has 0 N–H and O–H groups in total. The van der Waals surface area contributed by atoms with Gasteiger partial charge in [-0.3, -0.25) is 9.20 Å². The minimum absolute atomic E-state index is 0.210. The van der Waals surface area contributed by atoms with Gasteiger partial charge in [-0.15, -0.1) is 0 Å². The van der Waals surface area contributed by atoms with E-state index in [1.807, 2.05) is 24.4 Å². The summed E-state index contributed by atoms with van der Waals surface area (Å²) in [7, 11) is 2.94. The third kappa shape index (κ3) is 3.88. The number of esters is 1. The Hall–Kier alpha value is -3.06. The van der Waals surface area contributed by atoms with Crippen molar-refractivity contribution < 1.29 is 18.7 Å². The molecule has 3 aromatic rings. The Morgan fingerprint density at radius 3 is 2.93 bits per heavy atom. The van der Waals surface area contributed by atoms with E-state index in [4.69, 9.17) is 20.8 Å². The number of fused-ring (bicyclic) bond motifs is 1. The molecule has 0 aromatic carbocycles. The second kappa shape index (κ2) is 7.67. The van der Waals surface area contributed by atoms with Crippen LogP contribution in [0.15, 0.2) is 41.0 Å². The van der Waals surface area contributed by atoms with Crippen LogP contribution >= 0.6 is 11.6 Å². The zero-order valence-electron chi connectivity index (χ0n) is 15.1. The SMILES string of the molecule is COC(=O)c1cc(CN(C)C(=O)/C=C/c2c(Cl)nc3ccccn23)oc1C. The number of halogens is 1. The van der Waals surface area contributed by atoms with Gasteiger partial charge in [0.05, 0.1) is 19.3 Å². The number of rotatable bonds is 5. The fourth-order valence-corrected chi connectivity index (χ4v) is 2.90. The second-order valence-electron chi connectivity index (χ2n) is 5.92. The fraction of sp³-hybridized carbons (Fsp3) is 0.211. The van der Waals surface area contributed by atoms with Crippen molar-refractivity contribution in [2.45, 2.75) is 13.5 Å². The average Bonchev–Trinajstić information content (AvgIpc) is 3.17. The number of ether oxygens (including phenoxy) is 1. The molecule has 0 aliphatic carbocycles. The van der Waals surface area contributed by atoms with Crippen LogP contribution in [0.1, 0.15) is 27.6 Å². The van der Waals surface area contributed by atoms with Gasteiger partial charge in [0.2, 0.25) is 5.91 Å². The van der Waals surface area contributed by atoms with Gasteiger partial charge >= 0.3 is 5.97 Å². The minimum Gasteiger partial charge on any atom is -0.465 e. The Balaban J connectivity index is 1.73. The number of hydrogen-bond donors (Lipinski definition) is 0. The van der Waals surface area contributed by atoms with Crippen LogP contribution in [-0.4, -0.2) is 40.3 Å². The van der Waals surface area contributed by atoms with Gasteiger partial charge in [-0.2, -0.15) is 0 Å². The quantitative estimate of drug-likeness (QED) is 0.495. The van der Waals surface area contributed by atoms with Gasteiger partial charge in [0.25, 0.3) is 0 Å². The number of amides is 1. The van der Waals surface area contributed by atoms with E-state index in [9.17, 15) is 9.59 Å². The van der Waals surface area contributed by atoms with E-state index in [-0.39, 0.29) is 12.5 Å². The van der Waals surface area contributed by atoms with Gasteiger partial charge in [0, 0.05) is 19.3 Å². The van der Waals surface area contributed by atoms with E-state index in [0.29, 0.717) is 33.6 Å². The molecule has 3 aromatic heterocycles. The van der Waals surface area contributed by atoms with Crippen LogP contribution in [0.4, 0.5) is 0 Å². The number of pyridine rings is 1. The van der Waals surface area contributed by atoms with E-state index in [2.05, 4.69) is 4.98 Å². The number of methoxy groups -OCH3 is 1. The molecule has 0 aliphatic rings. The molecular weight excluding hydrogens is 370 g/mol. The number of imidazole rings is 1. The molecule has 8 heteroatoms. The average molecular weight is 388 g/mol. The van der Waals surface area contributed by atoms with Crippen LogP contribution in [0.2, 0.25) is 5.15 Å². The van der Waals surface area contributed by atoms with Gasteiger partial charge in [0.15, 0.2) is 5.15 Å². The monoisotopic (exact) mass is 387 g/mol. The number of aryl methyl sites for hydroxylation is 1. The van der Waals surface area contributed by atoms with Crippen LogP contribution in [0.25, 0.3) is 11.7 Å². The first-order chi connectivity index (χ1) is 12.9. The maximum atomic E-state index is 12.4. The Morgan fingerprint density at radius 2 is 2.19 bits per heavy atom. The van der Waals surface area contributed by atoms with Crippen molar-refractivity contribution in [1.82, 2.24) is 14.3 Å². The van der Waals surface area contributed by atoms with E-state index < -0.39 is 5.97 Å². The van der Waals surface area contributed by atoms with Gasteiger partial charge in [-0.1, -0.05) is 17.7 Å². The van der Waals surface area contributed by atoms with Crippen LogP contribution in [0.3, 0.4) is 0 Å². The van der Waals surface area contributed by atoms with Gasteiger partial charge < -0.3 is 14.1 Å². The molecule has 0 unspecified atom stereocenters. The Bertz CT molecular complexity index is 1030. The number of aromatic nitrogens is 2. The molecule has 0 atom stereocenters. The molecule has 0 saturated heterocycles. The molecule has 140 valence electrons. The molecule has 0 aliphatic heterocycles. The number of furan rings is 1. The van der Waals surface area contributed by atoms with Gasteiger partial charge in [-0.05, 0) is 31.2 Å². The zero-order chi connectivity index (χ0) is 19.6. The summed E-state index contributed by atoms with van der Waals surface area (Å²) < 4.78 is 12.0. The van der Waals surface area contributed by atoms with Crippen molar-refractivity contribution in [2.24, 2.45) is 0 Å². The first-order valence-corrected chi connectivity index (χ1v) is 8.52. The molecular formula is C19H18ClN3O4. The van der Waals surface area contributed by atoms with E-state index in [1.54, 1.807) is 30.5 Å². The Morgan fingerprint density at radius 1 is 1.41 bits per heavy atom. The smallest absolute Gasteiger partial charge is 0.341 e. The molecule has 3 heterocycles. The molecule has 7 nitrogen and oxygen atoms in total. The predicted octanol–water partition coefficient (Wildman–Crippen LogP) is 3.35. The molecule has 0 fully saturated rings. The first kappa shape index (κ1) is 18.7. The first-order valence-electron chi connectivity index (χ1n) is 8.14. The van der Waals surface area contributed by atoms with E-state index in [1.165, 1.54) is 18.1 Å². The summed E-state index contributed by atoms with van der Waals surface area (Å²) in [5.41, 5.74) is 1.67. The summed E-state index contributed by atoms with van der Waals surface area (Å²) in [6.45, 7) is 1.88. The Kier molecular flexibility index (Phi) is 5.32. The molecule has 0 radical (unpaired) electrons. The lowest BCUT2D eigenvalue weighted by Gasteiger charge is -2.13. The summed E-state index contributed by atoms with van der Waals surface area (Å²) in [5, 5.41) is 0.317. The van der Waals surface area contributed by atoms with Gasteiger partial charge in [0.1, 0.15) is 22.7 Å². The summed E-state index contributed by atoms with van der Waals surface area (Å²) in [5.74, 6) is 0.222. The van der Waals surface area contributed by atoms with Crippen LogP contribution in [0.5, 0.6) is 0 Å². The fourth-order valence-electron chi connectivity index (χ4n) is 2.66. The number of likely N-dealkylation sites (N-methyl/N-ethyl adjacent to an activating group) is 1. The highest BCUT2D eigenvalue weighted by atomic mass is 35.5.